The van der Waals surface area contributed by atoms with E-state index in [0.29, 0.717) is 18.1 Å². The van der Waals surface area contributed by atoms with Crippen molar-refractivity contribution in [1.29, 1.82) is 0 Å². The molecule has 0 aliphatic heterocycles. The maximum Gasteiger partial charge on any atom is 0.162 e. The lowest BCUT2D eigenvalue weighted by Crippen LogP contribution is -1.97. The lowest BCUT2D eigenvalue weighted by atomic mass is 10.1. The van der Waals surface area contributed by atoms with Gasteiger partial charge in [-0.25, -0.2) is 0 Å². The van der Waals surface area contributed by atoms with Gasteiger partial charge in [-0.05, 0) is 36.8 Å². The summed E-state index contributed by atoms with van der Waals surface area (Å²) in [4.78, 5) is 0. The summed E-state index contributed by atoms with van der Waals surface area (Å²) in [7, 11) is 0. The molecule has 0 bridgehead atoms. The number of aromatic nitrogens is 1. The predicted octanol–water partition coefficient (Wildman–Crippen LogP) is 2.79. The van der Waals surface area contributed by atoms with Crippen LogP contribution in [0.2, 0.25) is 0 Å². The van der Waals surface area contributed by atoms with E-state index < -0.39 is 0 Å². The van der Waals surface area contributed by atoms with Crippen molar-refractivity contribution in [2.24, 2.45) is 0 Å². The monoisotopic (exact) mass is 245 g/mol. The highest BCUT2D eigenvalue weighted by molar-refractivity contribution is 5.59. The summed E-state index contributed by atoms with van der Waals surface area (Å²) >= 11 is 0. The normalized spacial score (nSPS) is 10.3. The predicted molar refractivity (Wildman–Crippen MR) is 68.2 cm³/mol. The van der Waals surface area contributed by atoms with E-state index in [1.165, 1.54) is 0 Å². The minimum atomic E-state index is -0.146. The third-order valence-electron chi connectivity index (χ3n) is 2.35. The molecule has 1 aromatic carbocycles. The van der Waals surface area contributed by atoms with E-state index in [9.17, 15) is 0 Å². The van der Waals surface area contributed by atoms with Crippen LogP contribution in [0.5, 0.6) is 5.75 Å². The molecule has 0 spiro atoms. The third kappa shape index (κ3) is 2.99. The van der Waals surface area contributed by atoms with Gasteiger partial charge in [-0.15, -0.1) is 0 Å². The summed E-state index contributed by atoms with van der Waals surface area (Å²) in [5, 5.41) is 12.8. The number of ether oxygens (including phenoxy) is 1. The molecule has 1 heterocycles. The highest BCUT2D eigenvalue weighted by atomic mass is 16.5. The summed E-state index contributed by atoms with van der Waals surface area (Å²) in [5.74, 6) is 1.24. The molecular weight excluding hydrogens is 230 g/mol. The summed E-state index contributed by atoms with van der Waals surface area (Å²) < 4.78 is 10.4. The molecule has 0 radical (unpaired) electrons. The molecule has 0 aliphatic rings. The van der Waals surface area contributed by atoms with Gasteiger partial charge in [0.15, 0.2) is 5.76 Å². The highest BCUT2D eigenvalue weighted by Gasteiger charge is 2.05. The Kier molecular flexibility index (Phi) is 3.79. The fraction of sp³-hybridized carbons (Fsp3) is 0.214. The van der Waals surface area contributed by atoms with Crippen LogP contribution in [-0.2, 0) is 6.61 Å². The van der Waals surface area contributed by atoms with Crippen molar-refractivity contribution in [3.63, 3.8) is 0 Å². The molecular formula is C14H15NO3. The molecule has 1 aromatic heterocycles. The number of hydrogen-bond donors (Lipinski definition) is 1. The molecule has 0 fully saturated rings. The standard InChI is InChI=1S/C14H15NO3/c1-10(2)9-17-12-5-3-11(4-6-12)14-7-13(8-16)18-15-14/h3-7,16H,1,8-9H2,2H3. The van der Waals surface area contributed by atoms with Crippen LogP contribution < -0.4 is 4.74 Å². The first-order chi connectivity index (χ1) is 8.69. The van der Waals surface area contributed by atoms with Crippen LogP contribution >= 0.6 is 0 Å². The van der Waals surface area contributed by atoms with Crippen LogP contribution in [-0.4, -0.2) is 16.9 Å². The first-order valence-electron chi connectivity index (χ1n) is 5.63. The average Bonchev–Trinajstić information content (AvgIpc) is 2.85. The number of aliphatic hydroxyl groups is 1. The van der Waals surface area contributed by atoms with Crippen molar-refractivity contribution >= 4 is 0 Å². The van der Waals surface area contributed by atoms with Crippen LogP contribution in [0.15, 0.2) is 47.0 Å². The third-order valence-corrected chi connectivity index (χ3v) is 2.35. The topological polar surface area (TPSA) is 55.5 Å². The first kappa shape index (κ1) is 12.4. The van der Waals surface area contributed by atoms with E-state index in [-0.39, 0.29) is 6.61 Å². The second kappa shape index (κ2) is 5.51. The zero-order valence-corrected chi connectivity index (χ0v) is 10.2. The summed E-state index contributed by atoms with van der Waals surface area (Å²) in [6.45, 7) is 6.06. The quantitative estimate of drug-likeness (QED) is 0.823. The Hall–Kier alpha value is -2.07. The van der Waals surface area contributed by atoms with Gasteiger partial charge < -0.3 is 14.4 Å². The summed E-state index contributed by atoms with van der Waals surface area (Å²) in [6.07, 6.45) is 0. The minimum Gasteiger partial charge on any atom is -0.489 e. The number of hydrogen-bond acceptors (Lipinski definition) is 4. The van der Waals surface area contributed by atoms with E-state index in [1.54, 1.807) is 6.07 Å². The Morgan fingerprint density at radius 2 is 2.11 bits per heavy atom. The van der Waals surface area contributed by atoms with E-state index in [4.69, 9.17) is 14.4 Å². The van der Waals surface area contributed by atoms with Gasteiger partial charge >= 0.3 is 0 Å². The van der Waals surface area contributed by atoms with Crippen LogP contribution in [0, 0.1) is 0 Å². The summed E-state index contributed by atoms with van der Waals surface area (Å²) in [5.41, 5.74) is 2.59. The van der Waals surface area contributed by atoms with Crippen LogP contribution in [0.25, 0.3) is 11.3 Å². The van der Waals surface area contributed by atoms with Crippen molar-refractivity contribution in [2.75, 3.05) is 6.61 Å². The van der Waals surface area contributed by atoms with Gasteiger partial charge in [0.2, 0.25) is 0 Å². The molecule has 94 valence electrons. The Labute approximate surface area is 105 Å². The second-order valence-corrected chi connectivity index (χ2v) is 4.11. The second-order valence-electron chi connectivity index (χ2n) is 4.11. The van der Waals surface area contributed by atoms with Gasteiger partial charge in [-0.2, -0.15) is 0 Å². The van der Waals surface area contributed by atoms with Gasteiger partial charge in [0.25, 0.3) is 0 Å². The molecule has 0 amide bonds. The summed E-state index contributed by atoms with van der Waals surface area (Å²) in [6, 6.07) is 9.24. The van der Waals surface area contributed by atoms with Crippen LogP contribution in [0.1, 0.15) is 12.7 Å². The Morgan fingerprint density at radius 3 is 2.67 bits per heavy atom. The fourth-order valence-corrected chi connectivity index (χ4v) is 1.45. The van der Waals surface area contributed by atoms with Gasteiger partial charge in [0, 0.05) is 11.6 Å². The minimum absolute atomic E-state index is 0.146. The molecule has 2 aromatic rings. The molecule has 1 N–H and O–H groups in total. The largest absolute Gasteiger partial charge is 0.489 e. The maximum atomic E-state index is 8.90. The van der Waals surface area contributed by atoms with Gasteiger partial charge in [0.1, 0.15) is 24.7 Å². The lowest BCUT2D eigenvalue weighted by molar-refractivity contribution is 0.229. The molecule has 4 heteroatoms. The highest BCUT2D eigenvalue weighted by Crippen LogP contribution is 2.22. The van der Waals surface area contributed by atoms with Gasteiger partial charge in [0.05, 0.1) is 0 Å². The number of aliphatic hydroxyl groups excluding tert-OH is 1. The van der Waals surface area contributed by atoms with E-state index in [1.807, 2.05) is 31.2 Å². The van der Waals surface area contributed by atoms with E-state index >= 15 is 0 Å². The average molecular weight is 245 g/mol. The smallest absolute Gasteiger partial charge is 0.162 e. The Morgan fingerprint density at radius 1 is 1.39 bits per heavy atom. The van der Waals surface area contributed by atoms with Crippen molar-refractivity contribution < 1.29 is 14.4 Å². The Balaban J connectivity index is 2.09. The fourth-order valence-electron chi connectivity index (χ4n) is 1.45. The Bertz CT molecular complexity index is 528. The van der Waals surface area contributed by atoms with Crippen LogP contribution in [0.3, 0.4) is 0 Å². The van der Waals surface area contributed by atoms with Gasteiger partial charge in [-0.3, -0.25) is 0 Å². The molecule has 2 rings (SSSR count). The molecule has 0 unspecified atom stereocenters. The number of benzene rings is 1. The van der Waals surface area contributed by atoms with Crippen LogP contribution in [0.4, 0.5) is 0 Å². The van der Waals surface area contributed by atoms with Crippen molar-refractivity contribution in [2.45, 2.75) is 13.5 Å². The number of nitrogens with zero attached hydrogens (tertiary/aromatic N) is 1. The molecule has 0 atom stereocenters. The first-order valence-corrected chi connectivity index (χ1v) is 5.63. The zero-order valence-electron chi connectivity index (χ0n) is 10.2. The van der Waals surface area contributed by atoms with E-state index in [2.05, 4.69) is 11.7 Å². The lowest BCUT2D eigenvalue weighted by Gasteiger charge is -2.05. The van der Waals surface area contributed by atoms with Crippen molar-refractivity contribution in [3.8, 4) is 17.0 Å². The zero-order chi connectivity index (χ0) is 13.0. The SMILES string of the molecule is C=C(C)COc1ccc(-c2cc(CO)on2)cc1. The van der Waals surface area contributed by atoms with Crippen molar-refractivity contribution in [3.05, 3.63) is 48.2 Å². The van der Waals surface area contributed by atoms with Crippen molar-refractivity contribution in [1.82, 2.24) is 5.16 Å². The molecule has 0 saturated carbocycles. The molecule has 18 heavy (non-hydrogen) atoms. The molecule has 4 nitrogen and oxygen atoms in total. The van der Waals surface area contributed by atoms with E-state index in [0.717, 1.165) is 16.9 Å². The van der Waals surface area contributed by atoms with Gasteiger partial charge in [-0.1, -0.05) is 11.7 Å². The molecule has 0 aliphatic carbocycles. The number of rotatable bonds is 5. The maximum absolute atomic E-state index is 8.90. The molecule has 0 saturated heterocycles.